The van der Waals surface area contributed by atoms with E-state index in [2.05, 4.69) is 128 Å². The van der Waals surface area contributed by atoms with Crippen molar-refractivity contribution in [3.05, 3.63) is 151 Å². The fourth-order valence-electron chi connectivity index (χ4n) is 8.49. The first-order valence-corrected chi connectivity index (χ1v) is 16.1. The molecular formula is C41H39N2O+. The van der Waals surface area contributed by atoms with E-state index < -0.39 is 0 Å². The molecule has 3 nitrogen and oxygen atoms in total. The minimum Gasteiger partial charge on any atom is -0.363 e. The van der Waals surface area contributed by atoms with Gasteiger partial charge in [0.1, 0.15) is 18.7 Å². The van der Waals surface area contributed by atoms with E-state index in [9.17, 15) is 0 Å². The normalized spacial score (nSPS) is 23.7. The molecule has 2 bridgehead atoms. The second kappa shape index (κ2) is 11.3. The Labute approximate surface area is 260 Å². The number of hydrogen-bond donors (Lipinski definition) is 0. The van der Waals surface area contributed by atoms with Gasteiger partial charge in [-0.05, 0) is 56.8 Å². The molecule has 0 N–H and O–H groups in total. The van der Waals surface area contributed by atoms with E-state index in [0.29, 0.717) is 24.5 Å². The summed E-state index contributed by atoms with van der Waals surface area (Å²) in [5.74, 6) is 1.16. The maximum Gasteiger partial charge on any atom is 0.135 e. The van der Waals surface area contributed by atoms with Gasteiger partial charge < -0.3 is 9.22 Å². The number of aromatic nitrogens is 1. The molecule has 0 aliphatic carbocycles. The summed E-state index contributed by atoms with van der Waals surface area (Å²) in [6, 6.07) is 42.0. The molecular weight excluding hydrogens is 536 g/mol. The van der Waals surface area contributed by atoms with Gasteiger partial charge in [-0.1, -0.05) is 103 Å². The number of ether oxygens (including phenoxy) is 1. The highest BCUT2D eigenvalue weighted by Crippen LogP contribution is 2.50. The van der Waals surface area contributed by atoms with E-state index in [0.717, 1.165) is 36.1 Å². The number of rotatable bonds is 8. The molecule has 6 aromatic rings. The van der Waals surface area contributed by atoms with Crippen molar-refractivity contribution in [2.45, 2.75) is 38.1 Å². The number of hydrogen-bond acceptors (Lipinski definition) is 2. The van der Waals surface area contributed by atoms with E-state index >= 15 is 0 Å². The molecule has 1 aromatic heterocycles. The first-order chi connectivity index (χ1) is 21.7. The van der Waals surface area contributed by atoms with Gasteiger partial charge in [-0.2, -0.15) is 0 Å². The van der Waals surface area contributed by atoms with Crippen molar-refractivity contribution in [3.63, 3.8) is 0 Å². The Morgan fingerprint density at radius 3 is 2.25 bits per heavy atom. The maximum atomic E-state index is 7.15. The molecule has 5 aromatic carbocycles. The van der Waals surface area contributed by atoms with Crippen LogP contribution in [0.2, 0.25) is 0 Å². The molecule has 218 valence electrons. The van der Waals surface area contributed by atoms with Gasteiger partial charge in [0, 0.05) is 35.9 Å². The lowest BCUT2D eigenvalue weighted by molar-refractivity contribution is -0.984. The van der Waals surface area contributed by atoms with Crippen LogP contribution in [0.4, 0.5) is 0 Å². The molecule has 0 amide bonds. The Bertz CT molecular complexity index is 1910. The molecule has 3 saturated heterocycles. The second-order valence-electron chi connectivity index (χ2n) is 13.0. The highest BCUT2D eigenvalue weighted by Gasteiger charge is 2.55. The van der Waals surface area contributed by atoms with Crippen molar-refractivity contribution in [2.24, 2.45) is 11.8 Å². The number of pyridine rings is 1. The lowest BCUT2D eigenvalue weighted by Crippen LogP contribution is -2.67. The summed E-state index contributed by atoms with van der Waals surface area (Å²) in [6.45, 7) is 8.17. The second-order valence-corrected chi connectivity index (χ2v) is 13.0. The smallest absolute Gasteiger partial charge is 0.135 e. The van der Waals surface area contributed by atoms with E-state index in [1.54, 1.807) is 0 Å². The first-order valence-electron chi connectivity index (χ1n) is 16.1. The van der Waals surface area contributed by atoms with Crippen LogP contribution >= 0.6 is 0 Å². The van der Waals surface area contributed by atoms with Crippen LogP contribution in [0.25, 0.3) is 32.4 Å². The topological polar surface area (TPSA) is 22.1 Å². The summed E-state index contributed by atoms with van der Waals surface area (Å²) in [7, 11) is 0. The molecule has 44 heavy (non-hydrogen) atoms. The van der Waals surface area contributed by atoms with Gasteiger partial charge in [0.2, 0.25) is 0 Å². The minimum absolute atomic E-state index is 0.0575. The van der Waals surface area contributed by atoms with E-state index in [-0.39, 0.29) is 6.10 Å². The summed E-state index contributed by atoms with van der Waals surface area (Å²) in [5.41, 5.74) is 4.97. The number of piperidine rings is 3. The lowest BCUT2D eigenvalue weighted by atomic mass is 9.70. The molecule has 4 heterocycles. The van der Waals surface area contributed by atoms with Gasteiger partial charge in [-0.15, -0.1) is 6.58 Å². The van der Waals surface area contributed by atoms with Crippen LogP contribution in [-0.4, -0.2) is 28.6 Å². The lowest BCUT2D eigenvalue weighted by Gasteiger charge is -2.58. The van der Waals surface area contributed by atoms with E-state index in [1.165, 1.54) is 50.0 Å². The zero-order valence-corrected chi connectivity index (χ0v) is 25.2. The summed E-state index contributed by atoms with van der Waals surface area (Å²) in [4.78, 5) is 4.74. The van der Waals surface area contributed by atoms with Crippen molar-refractivity contribution < 1.29 is 9.22 Å². The Morgan fingerprint density at radius 1 is 0.818 bits per heavy atom. The van der Waals surface area contributed by atoms with Crippen molar-refractivity contribution >= 4 is 32.4 Å². The van der Waals surface area contributed by atoms with Crippen molar-refractivity contribution in [1.82, 2.24) is 4.98 Å². The molecule has 3 fully saturated rings. The van der Waals surface area contributed by atoms with Crippen LogP contribution in [0.5, 0.6) is 0 Å². The first kappa shape index (κ1) is 27.3. The number of fused-ring (bicyclic) bond motifs is 6. The quantitative estimate of drug-likeness (QED) is 0.102. The zero-order valence-electron chi connectivity index (χ0n) is 25.2. The van der Waals surface area contributed by atoms with Gasteiger partial charge in [0.05, 0.1) is 25.2 Å². The SMILES string of the molecule is C=C[C@H]1C[N+]2(Cc3c4ccccc4cc4ccccc34)CC[C@H]1C[C@H]2[C@H](OCc1ccccc1)c1ccnc2ccccc12. The van der Waals surface area contributed by atoms with E-state index in [4.69, 9.17) is 9.72 Å². The number of nitrogens with zero attached hydrogens (tertiary/aromatic N) is 2. The predicted molar refractivity (Wildman–Crippen MR) is 181 cm³/mol. The number of benzene rings is 5. The van der Waals surface area contributed by atoms with Gasteiger partial charge >= 0.3 is 0 Å². The summed E-state index contributed by atoms with van der Waals surface area (Å²) >= 11 is 0. The Hall–Kier alpha value is -4.31. The Morgan fingerprint density at radius 2 is 1.50 bits per heavy atom. The fourth-order valence-corrected chi connectivity index (χ4v) is 8.49. The molecule has 0 spiro atoms. The van der Waals surface area contributed by atoms with Crippen LogP contribution < -0.4 is 0 Å². The summed E-state index contributed by atoms with van der Waals surface area (Å²) in [6.07, 6.45) is 6.53. The van der Waals surface area contributed by atoms with Crippen LogP contribution in [0.15, 0.2) is 134 Å². The Kier molecular flexibility index (Phi) is 7.01. The van der Waals surface area contributed by atoms with Gasteiger partial charge in [-0.3, -0.25) is 4.98 Å². The van der Waals surface area contributed by atoms with Crippen molar-refractivity contribution in [3.8, 4) is 0 Å². The maximum absolute atomic E-state index is 7.15. The largest absolute Gasteiger partial charge is 0.363 e. The van der Waals surface area contributed by atoms with Crippen LogP contribution in [0, 0.1) is 11.8 Å². The van der Waals surface area contributed by atoms with E-state index in [1.807, 2.05) is 6.20 Å². The molecule has 0 radical (unpaired) electrons. The third-order valence-electron chi connectivity index (χ3n) is 10.6. The molecule has 1 unspecified atom stereocenters. The molecule has 5 atom stereocenters. The summed E-state index contributed by atoms with van der Waals surface area (Å²) in [5, 5.41) is 6.58. The number of para-hydroxylation sites is 1. The minimum atomic E-state index is -0.0575. The highest BCUT2D eigenvalue weighted by atomic mass is 16.5. The Balaban J connectivity index is 1.30. The molecule has 3 aliphatic heterocycles. The van der Waals surface area contributed by atoms with Gasteiger partial charge in [0.15, 0.2) is 0 Å². The highest BCUT2D eigenvalue weighted by molar-refractivity contribution is 6.02. The van der Waals surface area contributed by atoms with Crippen LogP contribution in [-0.2, 0) is 17.9 Å². The average Bonchev–Trinajstić information content (AvgIpc) is 3.09. The zero-order chi connectivity index (χ0) is 29.5. The average molecular weight is 576 g/mol. The standard InChI is InChI=1S/C41H39N2O/c1-2-30-26-43(27-38-34-16-8-6-14-32(34)24-33-15-7-9-17-35(33)38)23-21-31(30)25-40(43)41(44-28-29-12-4-3-5-13-29)37-20-22-42-39-19-11-10-18-36(37)39/h2-20,22,24,30-31,40-41H,1,21,23,25-28H2/q+1/t30-,31-,40-,41+,43?/m0/s1. The van der Waals surface area contributed by atoms with Crippen LogP contribution in [0.3, 0.4) is 0 Å². The molecule has 3 aliphatic rings. The third kappa shape index (κ3) is 4.72. The van der Waals surface area contributed by atoms with Crippen LogP contribution in [0.1, 0.15) is 35.6 Å². The third-order valence-corrected chi connectivity index (χ3v) is 10.6. The van der Waals surface area contributed by atoms with Crippen molar-refractivity contribution in [2.75, 3.05) is 13.1 Å². The molecule has 3 heteroatoms. The predicted octanol–water partition coefficient (Wildman–Crippen LogP) is 9.41. The van der Waals surface area contributed by atoms with Crippen molar-refractivity contribution in [1.29, 1.82) is 0 Å². The molecule has 9 rings (SSSR count). The number of quaternary nitrogens is 1. The fraction of sp³-hybridized carbons (Fsp3) is 0.244. The molecule has 0 saturated carbocycles. The van der Waals surface area contributed by atoms with Gasteiger partial charge in [0.25, 0.3) is 0 Å². The van der Waals surface area contributed by atoms with Gasteiger partial charge in [-0.25, -0.2) is 0 Å². The monoisotopic (exact) mass is 575 g/mol. The summed E-state index contributed by atoms with van der Waals surface area (Å²) < 4.78 is 8.17.